The molecule has 20 nitrogen and oxygen atoms in total. The summed E-state index contributed by atoms with van der Waals surface area (Å²) in [5, 5.41) is 19.1. The van der Waals surface area contributed by atoms with E-state index in [1.807, 2.05) is 27.7 Å². The second kappa shape index (κ2) is 37.4. The van der Waals surface area contributed by atoms with Crippen molar-refractivity contribution in [1.82, 2.24) is 29.5 Å². The minimum Gasteiger partial charge on any atom is -0.450 e. The lowest BCUT2D eigenvalue weighted by Gasteiger charge is -2.37. The van der Waals surface area contributed by atoms with Gasteiger partial charge in [-0.1, -0.05) is 26.5 Å². The van der Waals surface area contributed by atoms with Crippen LogP contribution in [0.5, 0.6) is 0 Å². The van der Waals surface area contributed by atoms with Crippen LogP contribution in [-0.2, 0) is 37.0 Å². The number of alkyl carbamates (subject to hydrolysis) is 2. The summed E-state index contributed by atoms with van der Waals surface area (Å²) < 4.78 is 65.6. The molecule has 4 aliphatic carbocycles. The number of carbonyl (C=O) groups is 2. The van der Waals surface area contributed by atoms with Gasteiger partial charge in [0, 0.05) is 76.9 Å². The summed E-state index contributed by atoms with van der Waals surface area (Å²) >= 11 is 0. The zero-order valence-electron chi connectivity index (χ0n) is 52.0. The number of aromatic nitrogens is 2. The molecular formula is C59H97N7O13P2. The van der Waals surface area contributed by atoms with Gasteiger partial charge in [0.1, 0.15) is 12.3 Å². The third-order valence-electron chi connectivity index (χ3n) is 14.8. The van der Waals surface area contributed by atoms with Gasteiger partial charge in [0.2, 0.25) is 1.43 Å². The highest BCUT2D eigenvalue weighted by Crippen LogP contribution is 2.55. The number of ether oxygens (including phenoxy) is 4. The summed E-state index contributed by atoms with van der Waals surface area (Å²) in [6.07, 6.45) is 13.3. The summed E-state index contributed by atoms with van der Waals surface area (Å²) in [4.78, 5) is 51.9. The number of hydrogen-bond acceptors (Lipinski definition) is 16. The lowest BCUT2D eigenvalue weighted by atomic mass is 10.1. The zero-order valence-corrected chi connectivity index (χ0v) is 51.8. The van der Waals surface area contributed by atoms with E-state index in [2.05, 4.69) is 94.4 Å². The summed E-state index contributed by atoms with van der Waals surface area (Å²) in [5.41, 5.74) is -1.07. The third-order valence-corrected chi connectivity index (χ3v) is 19.1. The van der Waals surface area contributed by atoms with E-state index in [1.165, 1.54) is 37.1 Å². The number of fused-ring (bicyclic) bond motifs is 2. The fraction of sp³-hybridized carbons (Fsp3) is 0.780. The Balaban J connectivity index is 0.000000370. The highest BCUT2D eigenvalue weighted by atomic mass is 31.2. The van der Waals surface area contributed by atoms with Crippen molar-refractivity contribution in [3.8, 4) is 29.8 Å². The minimum atomic E-state index is -1.62. The van der Waals surface area contributed by atoms with Crippen molar-refractivity contribution in [2.24, 2.45) is 35.5 Å². The second-order valence-corrected chi connectivity index (χ2v) is 24.8. The molecule has 2 amide bonds. The molecule has 2 heterocycles. The molecule has 1 saturated heterocycles. The lowest BCUT2D eigenvalue weighted by molar-refractivity contribution is -0.0439. The Morgan fingerprint density at radius 1 is 0.827 bits per heavy atom. The van der Waals surface area contributed by atoms with E-state index in [9.17, 15) is 19.2 Å². The standard InChI is InChI=1S/C33H48N5O8P.C25H45N2O5P.CH4/c1-22(2)38(23(3)4)47(44-17-10-15-34)46-28-19-30(45-29(28)21-39)37-20-24(31(40)36-32(37)41)11-9-16-35-33(42)43-18-14-27-25-12-7-5-6-8-13-26(25)27;1-6-15-31-33(27(20(2)3)21(4)5)32-19-18-29-17-14-26-25(28)30-16-13-24-22-11-9-7-8-10-12-23(22)24;/h9,11,20,22-23,25-30,39H,7-8,10,12-14,16-19,21H2,1-4H3,(H,35,42)(H,36,40,41);20-24H,6,9-19H2,1-5H3,(H,26,28);1H4/b11-9+;;/t25-,26+,27?,28?,29-,30-,47?;22-,23+,24?,33?;/m1../s1/i39D;;1T. The quantitative estimate of drug-likeness (QED) is 0.0291. The number of nitrogens with zero attached hydrogens (tertiary/aromatic N) is 4. The van der Waals surface area contributed by atoms with Crippen LogP contribution in [0.4, 0.5) is 9.59 Å². The maximum atomic E-state index is 12.9. The van der Waals surface area contributed by atoms with Crippen LogP contribution >= 0.6 is 17.1 Å². The molecule has 81 heavy (non-hydrogen) atoms. The summed E-state index contributed by atoms with van der Waals surface area (Å²) in [7, 11) is -1.47. The van der Waals surface area contributed by atoms with Crippen molar-refractivity contribution in [3.63, 3.8) is 0 Å². The number of amides is 2. The first-order valence-electron chi connectivity index (χ1n) is 30.7. The van der Waals surface area contributed by atoms with Crippen LogP contribution in [0.15, 0.2) is 21.9 Å². The van der Waals surface area contributed by atoms with Crippen molar-refractivity contribution < 1.29 is 53.1 Å². The summed E-state index contributed by atoms with van der Waals surface area (Å²) in [6.45, 7) is 22.3. The molecule has 1 aromatic heterocycles. The molecule has 5 aliphatic rings. The Labute approximate surface area is 488 Å². The molecule has 456 valence electrons. The fourth-order valence-electron chi connectivity index (χ4n) is 11.1. The van der Waals surface area contributed by atoms with Crippen LogP contribution in [0.2, 0.25) is 0 Å². The van der Waals surface area contributed by atoms with Crippen LogP contribution in [0, 0.1) is 70.5 Å². The third kappa shape index (κ3) is 23.2. The molecule has 0 aromatic carbocycles. The Morgan fingerprint density at radius 3 is 1.89 bits per heavy atom. The largest absolute Gasteiger partial charge is 0.450 e. The van der Waals surface area contributed by atoms with Crippen LogP contribution in [0.1, 0.15) is 166 Å². The first-order valence-corrected chi connectivity index (χ1v) is 31.5. The number of nitriles is 1. The normalized spacial score (nSPS) is 24.6. The van der Waals surface area contributed by atoms with E-state index in [4.69, 9.17) is 45.1 Å². The highest BCUT2D eigenvalue weighted by Gasteiger charge is 2.49. The van der Waals surface area contributed by atoms with Gasteiger partial charge in [0.25, 0.3) is 22.6 Å². The fourth-order valence-corrected chi connectivity index (χ4v) is 14.5. The Bertz CT molecular complexity index is 2340. The molecular weight excluding hydrogens is 1080 g/mol. The van der Waals surface area contributed by atoms with Crippen LogP contribution in [-0.4, -0.2) is 140 Å². The molecule has 5 unspecified atom stereocenters. The predicted molar refractivity (Wildman–Crippen MR) is 316 cm³/mol. The number of carbonyl (C=O) groups excluding carboxylic acids is 2. The predicted octanol–water partition coefficient (Wildman–Crippen LogP) is 10.0. The molecule has 11 atom stereocenters. The van der Waals surface area contributed by atoms with Gasteiger partial charge in [-0.3, -0.25) is 14.3 Å². The SMILES string of the molecule is CCCOP(OCCOCCNC(=O)OCCC1[C@H]2CCC#CCC[C@@H]12)N(C(C)C)C(C)C.[2H]OC[C@H]1O[C@@H](n2cc(/C=C/CNC(=O)OCCC3[C@H]4CCC#CCC[C@@H]34)c(=O)[nH]c2=O)CC1OP(OCCC#N)N(C(C)C)C(C)C.[3H]C. The topological polar surface area (TPSA) is 237 Å². The van der Waals surface area contributed by atoms with Gasteiger partial charge in [-0.05, 0) is 136 Å². The molecule has 0 bridgehead atoms. The van der Waals surface area contributed by atoms with Crippen LogP contribution < -0.4 is 21.9 Å². The van der Waals surface area contributed by atoms with E-state index in [-0.39, 0.29) is 56.3 Å². The molecule has 0 radical (unpaired) electrons. The second-order valence-electron chi connectivity index (χ2n) is 22.0. The van der Waals surface area contributed by atoms with Crippen molar-refractivity contribution in [2.45, 2.75) is 196 Å². The number of rotatable bonds is 33. The van der Waals surface area contributed by atoms with Gasteiger partial charge in [-0.25, -0.2) is 23.7 Å². The highest BCUT2D eigenvalue weighted by molar-refractivity contribution is 7.44. The Morgan fingerprint density at radius 2 is 1.36 bits per heavy atom. The van der Waals surface area contributed by atoms with Gasteiger partial charge < -0.3 is 52.8 Å². The minimum absolute atomic E-state index is 0.0759. The van der Waals surface area contributed by atoms with E-state index in [0.29, 0.717) is 81.9 Å². The van der Waals surface area contributed by atoms with E-state index in [0.717, 1.165) is 69.6 Å². The van der Waals surface area contributed by atoms with E-state index < -0.39 is 52.8 Å². The van der Waals surface area contributed by atoms with Crippen molar-refractivity contribution >= 4 is 35.3 Å². The van der Waals surface area contributed by atoms with Crippen LogP contribution in [0.3, 0.4) is 0 Å². The summed E-state index contributed by atoms with van der Waals surface area (Å²) in [6, 6.07) is 2.91. The van der Waals surface area contributed by atoms with Gasteiger partial charge in [0.15, 0.2) is 0 Å². The first-order chi connectivity index (χ1) is 40.1. The number of aliphatic hydroxyl groups is 1. The molecule has 0 spiro atoms. The van der Waals surface area contributed by atoms with Crippen LogP contribution in [0.25, 0.3) is 6.08 Å². The molecule has 6 rings (SSSR count). The zero-order chi connectivity index (χ0) is 60.7. The van der Waals surface area contributed by atoms with Crippen molar-refractivity contribution in [2.75, 3.05) is 65.9 Å². The van der Waals surface area contributed by atoms with E-state index in [1.54, 1.807) is 6.08 Å². The smallest absolute Gasteiger partial charge is 0.407 e. The first kappa shape index (κ1) is 66.2. The van der Waals surface area contributed by atoms with Crippen molar-refractivity contribution in [1.29, 1.82) is 6.69 Å². The maximum absolute atomic E-state index is 12.9. The molecule has 4 N–H and O–H groups in total. The Kier molecular flexibility index (Phi) is 30.6. The average Bonchev–Trinajstić information content (AvgIpc) is 4.42. The average molecular weight is 1180 g/mol. The number of H-pyrrole nitrogens is 1. The van der Waals surface area contributed by atoms with Gasteiger partial charge in [-0.15, -0.1) is 23.7 Å². The van der Waals surface area contributed by atoms with Gasteiger partial charge >= 0.3 is 17.9 Å². The van der Waals surface area contributed by atoms with Gasteiger partial charge in [0.05, 0.1) is 77.0 Å². The molecule has 1 aliphatic heterocycles. The van der Waals surface area contributed by atoms with Gasteiger partial charge in [-0.2, -0.15) is 5.26 Å². The van der Waals surface area contributed by atoms with E-state index >= 15 is 0 Å². The Hall–Kier alpha value is -3.93. The molecule has 3 fully saturated rings. The lowest BCUT2D eigenvalue weighted by Crippen LogP contribution is -2.36. The number of nitrogens with one attached hydrogen (secondary N) is 3. The number of aromatic amines is 1. The van der Waals surface area contributed by atoms with Crippen molar-refractivity contribution in [3.05, 3.63) is 38.7 Å². The summed E-state index contributed by atoms with van der Waals surface area (Å²) in [5.74, 6) is 17.2. The molecule has 22 heteroatoms. The molecule has 2 saturated carbocycles. The number of hydrogen-bond donors (Lipinski definition) is 4. The number of aliphatic hydroxyl groups excluding tert-OH is 1. The molecule has 1 aromatic rings. The maximum Gasteiger partial charge on any atom is 0.407 e. The monoisotopic (exact) mass is 1180 g/mol.